The Morgan fingerprint density at radius 1 is 0.966 bits per heavy atom. The standard InChI is InChI=1S/C23H19F2NO3/c1-26(14-15-10-12-16(13-11-15)28-23(24)25)22(27)21-17-6-2-4-8-19(17)29-20-9-5-3-7-18(20)21/h2-13,21,23H,14H2,1H3. The Morgan fingerprint density at radius 3 is 2.07 bits per heavy atom. The van der Waals surface area contributed by atoms with E-state index in [9.17, 15) is 13.6 Å². The summed E-state index contributed by atoms with van der Waals surface area (Å²) in [7, 11) is 1.73. The van der Waals surface area contributed by atoms with Gasteiger partial charge >= 0.3 is 6.61 Å². The molecule has 0 fully saturated rings. The van der Waals surface area contributed by atoms with Gasteiger partial charge in [0.05, 0.1) is 5.92 Å². The zero-order valence-corrected chi connectivity index (χ0v) is 15.7. The highest BCUT2D eigenvalue weighted by Crippen LogP contribution is 2.44. The molecule has 1 amide bonds. The smallest absolute Gasteiger partial charge is 0.387 e. The lowest BCUT2D eigenvalue weighted by molar-refractivity contribution is -0.131. The molecule has 1 aliphatic rings. The zero-order chi connectivity index (χ0) is 20.4. The molecule has 0 saturated carbocycles. The number of nitrogens with zero attached hydrogens (tertiary/aromatic N) is 1. The van der Waals surface area contributed by atoms with E-state index in [0.717, 1.165) is 16.7 Å². The maximum absolute atomic E-state index is 13.4. The maximum Gasteiger partial charge on any atom is 0.387 e. The molecular formula is C23H19F2NO3. The van der Waals surface area contributed by atoms with E-state index >= 15 is 0 Å². The lowest BCUT2D eigenvalue weighted by Crippen LogP contribution is -2.33. The molecule has 6 heteroatoms. The van der Waals surface area contributed by atoms with Gasteiger partial charge in [-0.2, -0.15) is 8.78 Å². The summed E-state index contributed by atoms with van der Waals surface area (Å²) in [6.45, 7) is -2.52. The van der Waals surface area contributed by atoms with Crippen molar-refractivity contribution in [3.05, 3.63) is 89.5 Å². The molecular weight excluding hydrogens is 376 g/mol. The molecule has 4 rings (SSSR count). The molecule has 1 aliphatic heterocycles. The van der Waals surface area contributed by atoms with Gasteiger partial charge in [0.25, 0.3) is 0 Å². The number of ether oxygens (including phenoxy) is 2. The number of amides is 1. The SMILES string of the molecule is CN(Cc1ccc(OC(F)F)cc1)C(=O)C1c2ccccc2Oc2ccccc21. The van der Waals surface area contributed by atoms with Crippen molar-refractivity contribution in [3.8, 4) is 17.2 Å². The molecule has 0 saturated heterocycles. The predicted molar refractivity (Wildman–Crippen MR) is 104 cm³/mol. The number of fused-ring (bicyclic) bond motifs is 2. The predicted octanol–water partition coefficient (Wildman–Crippen LogP) is 5.18. The molecule has 148 valence electrons. The third kappa shape index (κ3) is 3.92. The first kappa shape index (κ1) is 18.9. The molecule has 3 aromatic carbocycles. The van der Waals surface area contributed by atoms with Crippen molar-refractivity contribution in [2.75, 3.05) is 7.05 Å². The van der Waals surface area contributed by atoms with Crippen molar-refractivity contribution in [2.24, 2.45) is 0 Å². The Bertz CT molecular complexity index is 975. The van der Waals surface area contributed by atoms with Gasteiger partial charge < -0.3 is 14.4 Å². The van der Waals surface area contributed by atoms with Crippen LogP contribution in [-0.4, -0.2) is 24.5 Å². The molecule has 0 radical (unpaired) electrons. The molecule has 4 nitrogen and oxygen atoms in total. The van der Waals surface area contributed by atoms with Crippen LogP contribution in [0.15, 0.2) is 72.8 Å². The highest BCUT2D eigenvalue weighted by molar-refractivity contribution is 5.89. The maximum atomic E-state index is 13.4. The first-order chi connectivity index (χ1) is 14.0. The van der Waals surface area contributed by atoms with Crippen molar-refractivity contribution in [1.29, 1.82) is 0 Å². The van der Waals surface area contributed by atoms with E-state index in [-0.39, 0.29) is 11.7 Å². The minimum absolute atomic E-state index is 0.0684. The number of carbonyl (C=O) groups is 1. The van der Waals surface area contributed by atoms with Gasteiger partial charge in [0, 0.05) is 24.7 Å². The van der Waals surface area contributed by atoms with E-state index in [1.165, 1.54) is 12.1 Å². The summed E-state index contributed by atoms with van der Waals surface area (Å²) in [6.07, 6.45) is 0. The number of rotatable bonds is 5. The van der Waals surface area contributed by atoms with E-state index < -0.39 is 12.5 Å². The summed E-state index contributed by atoms with van der Waals surface area (Å²) in [5, 5.41) is 0. The Morgan fingerprint density at radius 2 is 1.52 bits per heavy atom. The fraction of sp³-hybridized carbons (Fsp3) is 0.174. The Balaban J connectivity index is 1.58. The van der Waals surface area contributed by atoms with Gasteiger partial charge in [0.1, 0.15) is 17.2 Å². The van der Waals surface area contributed by atoms with Gasteiger partial charge in [-0.15, -0.1) is 0 Å². The Labute approximate surface area is 167 Å². The minimum atomic E-state index is -2.86. The van der Waals surface area contributed by atoms with Crippen molar-refractivity contribution < 1.29 is 23.0 Å². The van der Waals surface area contributed by atoms with Crippen LogP contribution < -0.4 is 9.47 Å². The van der Waals surface area contributed by atoms with Gasteiger partial charge in [-0.3, -0.25) is 4.79 Å². The zero-order valence-electron chi connectivity index (χ0n) is 15.7. The van der Waals surface area contributed by atoms with Gasteiger partial charge in [-0.1, -0.05) is 48.5 Å². The van der Waals surface area contributed by atoms with Gasteiger partial charge in [-0.05, 0) is 29.8 Å². The van der Waals surface area contributed by atoms with Crippen molar-refractivity contribution >= 4 is 5.91 Å². The van der Waals surface area contributed by atoms with E-state index in [1.807, 2.05) is 48.5 Å². The van der Waals surface area contributed by atoms with Gasteiger partial charge in [-0.25, -0.2) is 0 Å². The van der Waals surface area contributed by atoms with E-state index in [4.69, 9.17) is 4.74 Å². The van der Waals surface area contributed by atoms with Crippen LogP contribution in [0.3, 0.4) is 0 Å². The lowest BCUT2D eigenvalue weighted by atomic mass is 9.87. The van der Waals surface area contributed by atoms with E-state index in [1.54, 1.807) is 24.1 Å². The molecule has 0 N–H and O–H groups in total. The van der Waals surface area contributed by atoms with Crippen LogP contribution in [0.1, 0.15) is 22.6 Å². The number of halogens is 2. The fourth-order valence-electron chi connectivity index (χ4n) is 3.52. The molecule has 0 unspecified atom stereocenters. The van der Waals surface area contributed by atoms with E-state index in [2.05, 4.69) is 4.74 Å². The highest BCUT2D eigenvalue weighted by Gasteiger charge is 2.34. The van der Waals surface area contributed by atoms with Crippen molar-refractivity contribution in [3.63, 3.8) is 0 Å². The Kier molecular flexibility index (Phi) is 5.16. The second kappa shape index (κ2) is 7.91. The van der Waals surface area contributed by atoms with Crippen LogP contribution >= 0.6 is 0 Å². The molecule has 0 spiro atoms. The largest absolute Gasteiger partial charge is 0.457 e. The summed E-state index contributed by atoms with van der Waals surface area (Å²) in [5.74, 6) is 0.895. The van der Waals surface area contributed by atoms with Crippen LogP contribution in [0, 0.1) is 0 Å². The molecule has 0 aromatic heterocycles. The topological polar surface area (TPSA) is 38.8 Å². The van der Waals surface area contributed by atoms with Crippen molar-refractivity contribution in [2.45, 2.75) is 19.1 Å². The van der Waals surface area contributed by atoms with Gasteiger partial charge in [0.2, 0.25) is 5.91 Å². The summed E-state index contributed by atoms with van der Waals surface area (Å²) < 4.78 is 34.9. The van der Waals surface area contributed by atoms with E-state index in [0.29, 0.717) is 18.0 Å². The number of hydrogen-bond acceptors (Lipinski definition) is 3. The number of hydrogen-bond donors (Lipinski definition) is 0. The third-order valence-corrected chi connectivity index (χ3v) is 4.87. The summed E-state index contributed by atoms with van der Waals surface area (Å²) in [4.78, 5) is 15.0. The molecule has 29 heavy (non-hydrogen) atoms. The molecule has 0 bridgehead atoms. The normalized spacial score (nSPS) is 12.7. The summed E-state index contributed by atoms with van der Waals surface area (Å²) in [6, 6.07) is 21.3. The molecule has 0 atom stereocenters. The highest BCUT2D eigenvalue weighted by atomic mass is 19.3. The number of alkyl halides is 2. The lowest BCUT2D eigenvalue weighted by Gasteiger charge is -2.30. The van der Waals surface area contributed by atoms with Crippen LogP contribution in [0.5, 0.6) is 17.2 Å². The second-order valence-corrected chi connectivity index (χ2v) is 6.83. The van der Waals surface area contributed by atoms with Gasteiger partial charge in [0.15, 0.2) is 0 Å². The Hall–Kier alpha value is -3.41. The summed E-state index contributed by atoms with van der Waals surface area (Å²) in [5.41, 5.74) is 2.46. The van der Waals surface area contributed by atoms with Crippen molar-refractivity contribution in [1.82, 2.24) is 4.90 Å². The molecule has 3 aromatic rings. The van der Waals surface area contributed by atoms with Crippen LogP contribution in [-0.2, 0) is 11.3 Å². The fourth-order valence-corrected chi connectivity index (χ4v) is 3.52. The molecule has 0 aliphatic carbocycles. The first-order valence-electron chi connectivity index (χ1n) is 9.17. The van der Waals surface area contributed by atoms with Crippen LogP contribution in [0.4, 0.5) is 8.78 Å². The summed E-state index contributed by atoms with van der Waals surface area (Å²) >= 11 is 0. The first-order valence-corrected chi connectivity index (χ1v) is 9.17. The average Bonchev–Trinajstić information content (AvgIpc) is 2.72. The second-order valence-electron chi connectivity index (χ2n) is 6.83. The number of carbonyl (C=O) groups excluding carboxylic acids is 1. The number of likely N-dealkylation sites (N-methyl/N-ethyl adjacent to an activating group) is 1. The quantitative estimate of drug-likeness (QED) is 0.597. The number of benzene rings is 3. The third-order valence-electron chi connectivity index (χ3n) is 4.87. The minimum Gasteiger partial charge on any atom is -0.457 e. The number of para-hydroxylation sites is 2. The monoisotopic (exact) mass is 395 g/mol. The molecule has 1 heterocycles. The van der Waals surface area contributed by atoms with Crippen LogP contribution in [0.2, 0.25) is 0 Å². The van der Waals surface area contributed by atoms with Crippen LogP contribution in [0.25, 0.3) is 0 Å². The average molecular weight is 395 g/mol.